The van der Waals surface area contributed by atoms with Crippen LogP contribution in [0.1, 0.15) is 41.4 Å². The zero-order valence-corrected chi connectivity index (χ0v) is 16.3. The highest BCUT2D eigenvalue weighted by Crippen LogP contribution is 2.19. The molecule has 144 valence electrons. The number of anilines is 1. The standard InChI is InChI=1S/C20H26N4O3/c1-5-6-12-24-18(26)11-10-16(22-24)20(27)23(4)13-17(25)21-19-14(2)8-7-9-15(19)3/h7-11H,5-6,12-13H2,1-4H3,(H,21,25). The summed E-state index contributed by atoms with van der Waals surface area (Å²) < 4.78 is 1.29. The first-order valence-corrected chi connectivity index (χ1v) is 9.03. The highest BCUT2D eigenvalue weighted by atomic mass is 16.2. The lowest BCUT2D eigenvalue weighted by atomic mass is 10.1. The van der Waals surface area contributed by atoms with E-state index in [2.05, 4.69) is 10.4 Å². The number of rotatable bonds is 7. The quantitative estimate of drug-likeness (QED) is 0.811. The van der Waals surface area contributed by atoms with E-state index in [4.69, 9.17) is 0 Å². The Morgan fingerprint density at radius 2 is 1.81 bits per heavy atom. The van der Waals surface area contributed by atoms with Gasteiger partial charge in [-0.1, -0.05) is 31.5 Å². The van der Waals surface area contributed by atoms with Crippen molar-refractivity contribution in [2.24, 2.45) is 0 Å². The molecule has 7 heteroatoms. The zero-order valence-electron chi connectivity index (χ0n) is 16.3. The molecule has 0 fully saturated rings. The molecule has 1 aromatic carbocycles. The van der Waals surface area contributed by atoms with E-state index in [0.717, 1.165) is 29.7 Å². The number of carbonyl (C=O) groups is 2. The normalized spacial score (nSPS) is 10.5. The van der Waals surface area contributed by atoms with Crippen LogP contribution in [0.2, 0.25) is 0 Å². The van der Waals surface area contributed by atoms with Gasteiger partial charge in [0.05, 0.1) is 6.54 Å². The largest absolute Gasteiger partial charge is 0.331 e. The van der Waals surface area contributed by atoms with Crippen LogP contribution in [-0.2, 0) is 11.3 Å². The fourth-order valence-electron chi connectivity index (χ4n) is 2.70. The summed E-state index contributed by atoms with van der Waals surface area (Å²) in [6, 6.07) is 8.49. The first-order valence-electron chi connectivity index (χ1n) is 9.03. The van der Waals surface area contributed by atoms with Crippen LogP contribution in [0.5, 0.6) is 0 Å². The third-order valence-corrected chi connectivity index (χ3v) is 4.28. The third-order valence-electron chi connectivity index (χ3n) is 4.28. The number of unbranched alkanes of at least 4 members (excludes halogenated alkanes) is 1. The molecule has 2 rings (SSSR count). The molecule has 27 heavy (non-hydrogen) atoms. The van der Waals surface area contributed by atoms with Crippen LogP contribution in [0, 0.1) is 13.8 Å². The summed E-state index contributed by atoms with van der Waals surface area (Å²) in [7, 11) is 1.54. The second kappa shape index (κ2) is 9.12. The van der Waals surface area contributed by atoms with E-state index >= 15 is 0 Å². The third kappa shape index (κ3) is 5.26. The van der Waals surface area contributed by atoms with E-state index in [-0.39, 0.29) is 23.7 Å². The van der Waals surface area contributed by atoms with Crippen LogP contribution in [0.3, 0.4) is 0 Å². The minimum atomic E-state index is -0.406. The van der Waals surface area contributed by atoms with Crippen molar-refractivity contribution in [3.05, 3.63) is 57.5 Å². The predicted molar refractivity (Wildman–Crippen MR) is 105 cm³/mol. The Balaban J connectivity index is 2.07. The van der Waals surface area contributed by atoms with Gasteiger partial charge in [-0.2, -0.15) is 5.10 Å². The van der Waals surface area contributed by atoms with Crippen molar-refractivity contribution in [3.8, 4) is 0 Å². The summed E-state index contributed by atoms with van der Waals surface area (Å²) in [6.45, 7) is 6.21. The van der Waals surface area contributed by atoms with Crippen LogP contribution >= 0.6 is 0 Å². The van der Waals surface area contributed by atoms with Gasteiger partial charge in [0.2, 0.25) is 5.91 Å². The number of hydrogen-bond acceptors (Lipinski definition) is 4. The van der Waals surface area contributed by atoms with E-state index < -0.39 is 5.91 Å². The SMILES string of the molecule is CCCCn1nc(C(=O)N(C)CC(=O)Nc2c(C)cccc2C)ccc1=O. The van der Waals surface area contributed by atoms with E-state index in [9.17, 15) is 14.4 Å². The Hall–Kier alpha value is -2.96. The summed E-state index contributed by atoms with van der Waals surface area (Å²) in [4.78, 5) is 38.0. The lowest BCUT2D eigenvalue weighted by Crippen LogP contribution is -2.36. The molecule has 2 aromatic rings. The van der Waals surface area contributed by atoms with Crippen molar-refractivity contribution < 1.29 is 9.59 Å². The van der Waals surface area contributed by atoms with E-state index in [0.29, 0.717) is 6.54 Å². The van der Waals surface area contributed by atoms with Gasteiger partial charge in [0.25, 0.3) is 11.5 Å². The maximum atomic E-state index is 12.6. The summed E-state index contributed by atoms with van der Waals surface area (Å²) in [5, 5.41) is 6.99. The number of likely N-dealkylation sites (N-methyl/N-ethyl adjacent to an activating group) is 1. The molecule has 0 aliphatic heterocycles. The second-order valence-electron chi connectivity index (χ2n) is 6.61. The number of nitrogens with zero attached hydrogens (tertiary/aromatic N) is 3. The highest BCUT2D eigenvalue weighted by Gasteiger charge is 2.18. The van der Waals surface area contributed by atoms with Crippen LogP contribution in [0.25, 0.3) is 0 Å². The van der Waals surface area contributed by atoms with Crippen molar-refractivity contribution >= 4 is 17.5 Å². The lowest BCUT2D eigenvalue weighted by Gasteiger charge is -2.18. The Kier molecular flexibility index (Phi) is 6.87. The van der Waals surface area contributed by atoms with E-state index in [1.165, 1.54) is 28.8 Å². The van der Waals surface area contributed by atoms with Gasteiger partial charge >= 0.3 is 0 Å². The van der Waals surface area contributed by atoms with Crippen molar-refractivity contribution in [2.75, 3.05) is 18.9 Å². The molecule has 1 aromatic heterocycles. The molecule has 0 aliphatic carbocycles. The van der Waals surface area contributed by atoms with Gasteiger partial charge in [-0.3, -0.25) is 14.4 Å². The monoisotopic (exact) mass is 370 g/mol. The molecule has 0 aliphatic rings. The first-order chi connectivity index (χ1) is 12.8. The van der Waals surface area contributed by atoms with Gasteiger partial charge in [0.15, 0.2) is 0 Å². The van der Waals surface area contributed by atoms with Crippen molar-refractivity contribution in [1.29, 1.82) is 0 Å². The second-order valence-corrected chi connectivity index (χ2v) is 6.61. The van der Waals surface area contributed by atoms with Crippen LogP contribution in [0.15, 0.2) is 35.1 Å². The van der Waals surface area contributed by atoms with Crippen LogP contribution in [0.4, 0.5) is 5.69 Å². The highest BCUT2D eigenvalue weighted by molar-refractivity contribution is 5.98. The molecule has 0 saturated carbocycles. The molecule has 0 atom stereocenters. The smallest absolute Gasteiger partial charge is 0.274 e. The Morgan fingerprint density at radius 1 is 1.15 bits per heavy atom. The average molecular weight is 370 g/mol. The van der Waals surface area contributed by atoms with Gasteiger partial charge in [-0.25, -0.2) is 4.68 Å². The van der Waals surface area contributed by atoms with Crippen molar-refractivity contribution in [2.45, 2.75) is 40.2 Å². The minimum Gasteiger partial charge on any atom is -0.331 e. The molecule has 7 nitrogen and oxygen atoms in total. The number of amides is 2. The Labute approximate surface area is 159 Å². The number of aromatic nitrogens is 2. The first kappa shape index (κ1) is 20.4. The molecule has 0 saturated heterocycles. The van der Waals surface area contributed by atoms with Gasteiger partial charge < -0.3 is 10.2 Å². The molecule has 1 N–H and O–H groups in total. The zero-order chi connectivity index (χ0) is 20.0. The molecule has 0 unspecified atom stereocenters. The van der Waals surface area contributed by atoms with Crippen molar-refractivity contribution in [1.82, 2.24) is 14.7 Å². The number of aryl methyl sites for hydroxylation is 3. The molecule has 0 spiro atoms. The lowest BCUT2D eigenvalue weighted by molar-refractivity contribution is -0.116. The fraction of sp³-hybridized carbons (Fsp3) is 0.400. The summed E-state index contributed by atoms with van der Waals surface area (Å²) in [6.07, 6.45) is 1.73. The molecular formula is C20H26N4O3. The number of nitrogens with one attached hydrogen (secondary N) is 1. The molecule has 2 amide bonds. The van der Waals surface area contributed by atoms with Crippen LogP contribution in [-0.4, -0.2) is 40.1 Å². The predicted octanol–water partition coefficient (Wildman–Crippen LogP) is 2.37. The molecule has 1 heterocycles. The summed E-state index contributed by atoms with van der Waals surface area (Å²) in [5.74, 6) is -0.695. The Bertz CT molecular complexity index is 869. The maximum absolute atomic E-state index is 12.6. The number of carbonyl (C=O) groups excluding carboxylic acids is 2. The van der Waals surface area contributed by atoms with E-state index in [1.54, 1.807) is 0 Å². The van der Waals surface area contributed by atoms with Gasteiger partial charge in [0.1, 0.15) is 5.69 Å². The number of benzene rings is 1. The van der Waals surface area contributed by atoms with Crippen molar-refractivity contribution in [3.63, 3.8) is 0 Å². The number of para-hydroxylation sites is 1. The topological polar surface area (TPSA) is 84.3 Å². The van der Waals surface area contributed by atoms with E-state index in [1.807, 2.05) is 39.0 Å². The maximum Gasteiger partial charge on any atom is 0.274 e. The summed E-state index contributed by atoms with van der Waals surface area (Å²) in [5.41, 5.74) is 2.59. The van der Waals surface area contributed by atoms with Crippen LogP contribution < -0.4 is 10.9 Å². The molecular weight excluding hydrogens is 344 g/mol. The molecule has 0 radical (unpaired) electrons. The Morgan fingerprint density at radius 3 is 2.44 bits per heavy atom. The average Bonchev–Trinajstić information content (AvgIpc) is 2.63. The van der Waals surface area contributed by atoms with Gasteiger partial charge in [-0.05, 0) is 37.5 Å². The fourth-order valence-corrected chi connectivity index (χ4v) is 2.70. The number of hydrogen-bond donors (Lipinski definition) is 1. The molecule has 0 bridgehead atoms. The van der Waals surface area contributed by atoms with Gasteiger partial charge in [0, 0.05) is 25.3 Å². The summed E-state index contributed by atoms with van der Waals surface area (Å²) >= 11 is 0. The van der Waals surface area contributed by atoms with Gasteiger partial charge in [-0.15, -0.1) is 0 Å². The minimum absolute atomic E-state index is 0.109.